The van der Waals surface area contributed by atoms with Crippen molar-refractivity contribution in [2.24, 2.45) is 0 Å². The van der Waals surface area contributed by atoms with Gasteiger partial charge >= 0.3 is 5.00 Å². The number of thiophene rings is 1. The van der Waals surface area contributed by atoms with Crippen molar-refractivity contribution in [3.05, 3.63) is 57.0 Å². The molecular weight excluding hydrogens is 260 g/mol. The number of anilines is 1. The zero-order valence-electron chi connectivity index (χ0n) is 10.6. The van der Waals surface area contributed by atoms with Crippen LogP contribution >= 0.6 is 11.3 Å². The van der Waals surface area contributed by atoms with Crippen molar-refractivity contribution in [3.63, 3.8) is 0 Å². The van der Waals surface area contributed by atoms with Gasteiger partial charge in [0, 0.05) is 31.4 Å². The molecule has 0 aliphatic heterocycles. The highest BCUT2D eigenvalue weighted by molar-refractivity contribution is 7.15. The molecule has 0 amide bonds. The predicted molar refractivity (Wildman–Crippen MR) is 77.7 cm³/mol. The van der Waals surface area contributed by atoms with Gasteiger partial charge in [-0.05, 0) is 30.3 Å². The van der Waals surface area contributed by atoms with E-state index in [1.54, 1.807) is 6.07 Å². The molecule has 2 aromatic rings. The summed E-state index contributed by atoms with van der Waals surface area (Å²) in [5.74, 6) is 5.93. The first-order valence-corrected chi connectivity index (χ1v) is 6.41. The van der Waals surface area contributed by atoms with Crippen LogP contribution in [-0.4, -0.2) is 19.0 Å². The molecule has 0 atom stereocenters. The Morgan fingerprint density at radius 3 is 2.32 bits per heavy atom. The van der Waals surface area contributed by atoms with Gasteiger partial charge in [0.25, 0.3) is 0 Å². The number of benzene rings is 1. The molecule has 0 aliphatic rings. The van der Waals surface area contributed by atoms with E-state index < -0.39 is 4.92 Å². The fourth-order valence-electron chi connectivity index (χ4n) is 1.47. The summed E-state index contributed by atoms with van der Waals surface area (Å²) in [4.78, 5) is 12.9. The lowest BCUT2D eigenvalue weighted by Crippen LogP contribution is -2.07. The smallest absolute Gasteiger partial charge is 0.325 e. The predicted octanol–water partition coefficient (Wildman–Crippen LogP) is 3.12. The summed E-state index contributed by atoms with van der Waals surface area (Å²) in [6.07, 6.45) is 0. The van der Waals surface area contributed by atoms with Crippen LogP contribution in [0.1, 0.15) is 10.4 Å². The van der Waals surface area contributed by atoms with Gasteiger partial charge < -0.3 is 4.90 Å². The van der Waals surface area contributed by atoms with Crippen LogP contribution in [0.15, 0.2) is 36.4 Å². The van der Waals surface area contributed by atoms with Crippen LogP contribution in [0, 0.1) is 22.0 Å². The van der Waals surface area contributed by atoms with Crippen LogP contribution in [0.4, 0.5) is 10.7 Å². The number of hydrogen-bond acceptors (Lipinski definition) is 4. The Morgan fingerprint density at radius 1 is 1.11 bits per heavy atom. The lowest BCUT2D eigenvalue weighted by molar-refractivity contribution is -0.380. The highest BCUT2D eigenvalue weighted by Crippen LogP contribution is 2.23. The van der Waals surface area contributed by atoms with Crippen LogP contribution in [0.25, 0.3) is 0 Å². The molecular formula is C14H12N2O2S. The molecule has 1 aromatic carbocycles. The van der Waals surface area contributed by atoms with E-state index in [0.29, 0.717) is 4.88 Å². The lowest BCUT2D eigenvalue weighted by Gasteiger charge is -2.11. The Labute approximate surface area is 115 Å². The van der Waals surface area contributed by atoms with Gasteiger partial charge in [0.15, 0.2) is 0 Å². The highest BCUT2D eigenvalue weighted by atomic mass is 32.1. The van der Waals surface area contributed by atoms with Crippen LogP contribution in [-0.2, 0) is 0 Å². The van der Waals surface area contributed by atoms with E-state index in [1.807, 2.05) is 43.3 Å². The fraction of sp³-hybridized carbons (Fsp3) is 0.143. The molecule has 2 rings (SSSR count). The highest BCUT2D eigenvalue weighted by Gasteiger charge is 2.07. The summed E-state index contributed by atoms with van der Waals surface area (Å²) in [6, 6.07) is 11.0. The zero-order chi connectivity index (χ0) is 13.8. The first-order chi connectivity index (χ1) is 9.06. The summed E-state index contributed by atoms with van der Waals surface area (Å²) in [7, 11) is 3.96. The van der Waals surface area contributed by atoms with E-state index >= 15 is 0 Å². The quantitative estimate of drug-likeness (QED) is 0.479. The maximum absolute atomic E-state index is 10.6. The molecule has 19 heavy (non-hydrogen) atoms. The molecule has 0 radical (unpaired) electrons. The first-order valence-electron chi connectivity index (χ1n) is 5.60. The average Bonchev–Trinajstić information content (AvgIpc) is 2.86. The lowest BCUT2D eigenvalue weighted by atomic mass is 10.2. The second-order valence-corrected chi connectivity index (χ2v) is 5.15. The average molecular weight is 272 g/mol. The maximum Gasteiger partial charge on any atom is 0.325 e. The van der Waals surface area contributed by atoms with Gasteiger partial charge in [0.1, 0.15) is 0 Å². The molecule has 0 N–H and O–H groups in total. The van der Waals surface area contributed by atoms with Crippen molar-refractivity contribution in [1.82, 2.24) is 0 Å². The minimum Gasteiger partial charge on any atom is -0.378 e. The van der Waals surface area contributed by atoms with E-state index in [-0.39, 0.29) is 5.00 Å². The topological polar surface area (TPSA) is 46.4 Å². The number of nitrogens with zero attached hydrogens (tertiary/aromatic N) is 2. The molecule has 0 fully saturated rings. The summed E-state index contributed by atoms with van der Waals surface area (Å²) in [5, 5.41) is 10.7. The van der Waals surface area contributed by atoms with Gasteiger partial charge in [-0.2, -0.15) is 0 Å². The number of hydrogen-bond donors (Lipinski definition) is 0. The van der Waals surface area contributed by atoms with Crippen molar-refractivity contribution >= 4 is 22.0 Å². The molecule has 0 unspecified atom stereocenters. The largest absolute Gasteiger partial charge is 0.378 e. The zero-order valence-corrected chi connectivity index (χ0v) is 11.4. The number of nitro groups is 1. The van der Waals surface area contributed by atoms with Crippen LogP contribution in [0.3, 0.4) is 0 Å². The SMILES string of the molecule is CN(C)c1ccc(C#Cc2ccc([N+](=O)[O-])s2)cc1. The van der Waals surface area contributed by atoms with E-state index in [4.69, 9.17) is 0 Å². The van der Waals surface area contributed by atoms with Crippen molar-refractivity contribution in [1.29, 1.82) is 0 Å². The van der Waals surface area contributed by atoms with Gasteiger partial charge in [-0.3, -0.25) is 10.1 Å². The Bertz CT molecular complexity index is 648. The van der Waals surface area contributed by atoms with E-state index in [0.717, 1.165) is 22.6 Å². The van der Waals surface area contributed by atoms with Gasteiger partial charge in [-0.25, -0.2) is 0 Å². The minimum absolute atomic E-state index is 0.118. The van der Waals surface area contributed by atoms with Gasteiger partial charge in [0.05, 0.1) is 9.80 Å². The summed E-state index contributed by atoms with van der Waals surface area (Å²) < 4.78 is 0. The Morgan fingerprint density at radius 2 is 1.79 bits per heavy atom. The Balaban J connectivity index is 2.16. The second kappa shape index (κ2) is 5.55. The first kappa shape index (κ1) is 13.1. The summed E-state index contributed by atoms with van der Waals surface area (Å²) in [5.41, 5.74) is 2.00. The third-order valence-corrected chi connectivity index (χ3v) is 3.44. The summed E-state index contributed by atoms with van der Waals surface area (Å²) >= 11 is 1.09. The van der Waals surface area contributed by atoms with Crippen molar-refractivity contribution in [3.8, 4) is 11.8 Å². The molecule has 0 aliphatic carbocycles. The molecule has 5 heteroatoms. The van der Waals surface area contributed by atoms with Crippen LogP contribution in [0.5, 0.6) is 0 Å². The molecule has 1 aromatic heterocycles. The van der Waals surface area contributed by atoms with Crippen LogP contribution in [0.2, 0.25) is 0 Å². The van der Waals surface area contributed by atoms with Crippen molar-refractivity contribution in [2.45, 2.75) is 0 Å². The molecule has 96 valence electrons. The molecule has 0 spiro atoms. The summed E-state index contributed by atoms with van der Waals surface area (Å²) in [6.45, 7) is 0. The van der Waals surface area contributed by atoms with Crippen molar-refractivity contribution in [2.75, 3.05) is 19.0 Å². The maximum atomic E-state index is 10.6. The molecule has 4 nitrogen and oxygen atoms in total. The normalized spacial score (nSPS) is 9.58. The third kappa shape index (κ3) is 3.33. The van der Waals surface area contributed by atoms with Gasteiger partial charge in [-0.15, -0.1) is 0 Å². The Kier molecular flexibility index (Phi) is 3.83. The molecule has 0 saturated heterocycles. The fourth-order valence-corrected chi connectivity index (χ4v) is 2.14. The molecule has 1 heterocycles. The third-order valence-electron chi connectivity index (χ3n) is 2.49. The number of rotatable bonds is 2. The van der Waals surface area contributed by atoms with Gasteiger partial charge in [-0.1, -0.05) is 23.2 Å². The molecule has 0 saturated carbocycles. The van der Waals surface area contributed by atoms with E-state index in [1.165, 1.54) is 6.07 Å². The standard InChI is InChI=1S/C14H12N2O2S/c1-15(2)12-6-3-11(4-7-12)5-8-13-9-10-14(19-13)16(17)18/h3-4,6-7,9-10H,1-2H3. The second-order valence-electron chi connectivity index (χ2n) is 4.09. The monoisotopic (exact) mass is 272 g/mol. The van der Waals surface area contributed by atoms with Crippen molar-refractivity contribution < 1.29 is 4.92 Å². The van der Waals surface area contributed by atoms with E-state index in [9.17, 15) is 10.1 Å². The minimum atomic E-state index is -0.401. The molecule has 0 bridgehead atoms. The Hall–Kier alpha value is -2.32. The van der Waals surface area contributed by atoms with Crippen LogP contribution < -0.4 is 4.90 Å². The van der Waals surface area contributed by atoms with Gasteiger partial charge in [0.2, 0.25) is 0 Å². The van der Waals surface area contributed by atoms with E-state index in [2.05, 4.69) is 11.8 Å².